The molecule has 1 aliphatic rings. The number of hydrogen-bond donors (Lipinski definition) is 0. The standard InChI is InChI=1S/C22H25ClN4O2S/c1-16-9-19(23)3-4-20(16)29-14-17-10-21(30-15-17)22(28)27-7-5-26(6-8-27)13-18-11-24-25(2)12-18/h3-4,9-12,15H,5-8,13-14H2,1-2H3. The molecular weight excluding hydrogens is 420 g/mol. The number of aryl methyl sites for hydroxylation is 2. The average molecular weight is 445 g/mol. The average Bonchev–Trinajstić information content (AvgIpc) is 3.36. The number of carbonyl (C=O) groups is 1. The Bertz CT molecular complexity index is 1020. The molecule has 0 radical (unpaired) electrons. The van der Waals surface area contributed by atoms with Crippen LogP contribution in [0.2, 0.25) is 5.02 Å². The lowest BCUT2D eigenvalue weighted by Gasteiger charge is -2.34. The maximum Gasteiger partial charge on any atom is 0.264 e. The summed E-state index contributed by atoms with van der Waals surface area (Å²) >= 11 is 7.48. The van der Waals surface area contributed by atoms with Crippen LogP contribution >= 0.6 is 22.9 Å². The molecule has 1 aliphatic heterocycles. The van der Waals surface area contributed by atoms with Crippen LogP contribution in [0.1, 0.15) is 26.4 Å². The summed E-state index contributed by atoms with van der Waals surface area (Å²) in [5, 5.41) is 6.92. The minimum atomic E-state index is 0.106. The quantitative estimate of drug-likeness (QED) is 0.577. The molecule has 3 heterocycles. The maximum atomic E-state index is 12.9. The molecule has 8 heteroatoms. The summed E-state index contributed by atoms with van der Waals surface area (Å²) in [4.78, 5) is 18.0. The van der Waals surface area contributed by atoms with Gasteiger partial charge in [0, 0.05) is 62.1 Å². The second-order valence-corrected chi connectivity index (χ2v) is 8.96. The van der Waals surface area contributed by atoms with Crippen molar-refractivity contribution < 1.29 is 9.53 Å². The van der Waals surface area contributed by atoms with Crippen LogP contribution < -0.4 is 4.74 Å². The molecule has 0 spiro atoms. The van der Waals surface area contributed by atoms with E-state index in [1.54, 1.807) is 0 Å². The van der Waals surface area contributed by atoms with E-state index in [1.165, 1.54) is 16.9 Å². The van der Waals surface area contributed by atoms with E-state index in [0.717, 1.165) is 54.5 Å². The molecule has 158 valence electrons. The van der Waals surface area contributed by atoms with Gasteiger partial charge in [0.25, 0.3) is 5.91 Å². The Morgan fingerprint density at radius 1 is 1.20 bits per heavy atom. The van der Waals surface area contributed by atoms with Crippen molar-refractivity contribution >= 4 is 28.8 Å². The van der Waals surface area contributed by atoms with Gasteiger partial charge in [0.15, 0.2) is 0 Å². The number of rotatable bonds is 6. The Morgan fingerprint density at radius 2 is 2.00 bits per heavy atom. The third-order valence-corrected chi connectivity index (χ3v) is 6.42. The van der Waals surface area contributed by atoms with Crippen molar-refractivity contribution in [3.05, 3.63) is 68.6 Å². The van der Waals surface area contributed by atoms with Crippen LogP contribution in [0.25, 0.3) is 0 Å². The van der Waals surface area contributed by atoms with E-state index in [-0.39, 0.29) is 5.91 Å². The lowest BCUT2D eigenvalue weighted by molar-refractivity contribution is 0.0633. The largest absolute Gasteiger partial charge is 0.489 e. The van der Waals surface area contributed by atoms with E-state index in [1.807, 2.05) is 65.6 Å². The molecule has 30 heavy (non-hydrogen) atoms. The van der Waals surface area contributed by atoms with Gasteiger partial charge in [-0.25, -0.2) is 0 Å². The smallest absolute Gasteiger partial charge is 0.264 e. The topological polar surface area (TPSA) is 50.6 Å². The van der Waals surface area contributed by atoms with Gasteiger partial charge >= 0.3 is 0 Å². The number of halogens is 1. The van der Waals surface area contributed by atoms with Crippen molar-refractivity contribution in [1.82, 2.24) is 19.6 Å². The van der Waals surface area contributed by atoms with Crippen LogP contribution in [0, 0.1) is 6.92 Å². The van der Waals surface area contributed by atoms with Gasteiger partial charge in [-0.2, -0.15) is 5.10 Å². The second kappa shape index (κ2) is 9.20. The Kier molecular flexibility index (Phi) is 6.41. The SMILES string of the molecule is Cc1cc(Cl)ccc1OCc1csc(C(=O)N2CCN(Cc3cnn(C)c3)CC2)c1. The lowest BCUT2D eigenvalue weighted by Crippen LogP contribution is -2.48. The number of amides is 1. The summed E-state index contributed by atoms with van der Waals surface area (Å²) in [5.41, 5.74) is 3.21. The molecule has 6 nitrogen and oxygen atoms in total. The van der Waals surface area contributed by atoms with E-state index >= 15 is 0 Å². The minimum Gasteiger partial charge on any atom is -0.489 e. The van der Waals surface area contributed by atoms with E-state index in [0.29, 0.717) is 11.6 Å². The zero-order valence-corrected chi connectivity index (χ0v) is 18.7. The van der Waals surface area contributed by atoms with Crippen LogP contribution in [-0.4, -0.2) is 51.7 Å². The number of aromatic nitrogens is 2. The summed E-state index contributed by atoms with van der Waals surface area (Å²) < 4.78 is 7.72. The lowest BCUT2D eigenvalue weighted by atomic mass is 10.2. The highest BCUT2D eigenvalue weighted by Crippen LogP contribution is 2.24. The first-order valence-electron chi connectivity index (χ1n) is 9.93. The molecule has 0 N–H and O–H groups in total. The highest BCUT2D eigenvalue weighted by molar-refractivity contribution is 7.12. The fraction of sp³-hybridized carbons (Fsp3) is 0.364. The van der Waals surface area contributed by atoms with E-state index < -0.39 is 0 Å². The zero-order chi connectivity index (χ0) is 21.1. The van der Waals surface area contributed by atoms with Crippen molar-refractivity contribution in [2.75, 3.05) is 26.2 Å². The van der Waals surface area contributed by atoms with E-state index in [2.05, 4.69) is 10.00 Å². The van der Waals surface area contributed by atoms with Crippen molar-refractivity contribution in [3.8, 4) is 5.75 Å². The summed E-state index contributed by atoms with van der Waals surface area (Å²) in [5.74, 6) is 0.915. The summed E-state index contributed by atoms with van der Waals surface area (Å²) in [6.07, 6.45) is 3.94. The highest BCUT2D eigenvalue weighted by atomic mass is 35.5. The van der Waals surface area contributed by atoms with Crippen LogP contribution in [0.15, 0.2) is 42.0 Å². The molecule has 0 saturated carbocycles. The number of nitrogens with zero attached hydrogens (tertiary/aromatic N) is 4. The van der Waals surface area contributed by atoms with Gasteiger partial charge < -0.3 is 9.64 Å². The predicted molar refractivity (Wildman–Crippen MR) is 119 cm³/mol. The Morgan fingerprint density at radius 3 is 2.70 bits per heavy atom. The molecule has 1 aromatic carbocycles. The van der Waals surface area contributed by atoms with E-state index in [4.69, 9.17) is 16.3 Å². The number of ether oxygens (including phenoxy) is 1. The van der Waals surface area contributed by atoms with Gasteiger partial charge in [-0.1, -0.05) is 11.6 Å². The first-order valence-corrected chi connectivity index (χ1v) is 11.2. The monoisotopic (exact) mass is 444 g/mol. The molecule has 0 unspecified atom stereocenters. The van der Waals surface area contributed by atoms with Crippen LogP contribution in [-0.2, 0) is 20.2 Å². The van der Waals surface area contributed by atoms with Crippen molar-refractivity contribution in [1.29, 1.82) is 0 Å². The van der Waals surface area contributed by atoms with Crippen molar-refractivity contribution in [3.63, 3.8) is 0 Å². The first kappa shape index (κ1) is 20.9. The molecule has 0 bridgehead atoms. The summed E-state index contributed by atoms with van der Waals surface area (Å²) in [6.45, 7) is 6.51. The van der Waals surface area contributed by atoms with Crippen LogP contribution in [0.3, 0.4) is 0 Å². The molecule has 0 atom stereocenters. The molecule has 0 aliphatic carbocycles. The van der Waals surface area contributed by atoms with Crippen molar-refractivity contribution in [2.45, 2.75) is 20.1 Å². The predicted octanol–water partition coefficient (Wildman–Crippen LogP) is 3.98. The van der Waals surface area contributed by atoms with E-state index in [9.17, 15) is 4.79 Å². The number of benzene rings is 1. The van der Waals surface area contributed by atoms with Gasteiger partial charge in [-0.15, -0.1) is 11.3 Å². The van der Waals surface area contributed by atoms with Crippen molar-refractivity contribution in [2.24, 2.45) is 7.05 Å². The molecule has 1 fully saturated rings. The van der Waals surface area contributed by atoms with Gasteiger partial charge in [-0.05, 0) is 42.1 Å². The normalized spacial score (nSPS) is 14.8. The summed E-state index contributed by atoms with van der Waals surface area (Å²) in [7, 11) is 1.93. The fourth-order valence-electron chi connectivity index (χ4n) is 3.58. The molecule has 2 aromatic heterocycles. The minimum absolute atomic E-state index is 0.106. The third kappa shape index (κ3) is 5.03. The van der Waals surface area contributed by atoms with Crippen LogP contribution in [0.5, 0.6) is 5.75 Å². The van der Waals surface area contributed by atoms with Gasteiger partial charge in [0.2, 0.25) is 0 Å². The number of piperazine rings is 1. The highest BCUT2D eigenvalue weighted by Gasteiger charge is 2.23. The maximum absolute atomic E-state index is 12.9. The summed E-state index contributed by atoms with van der Waals surface area (Å²) in [6, 6.07) is 7.52. The Hall–Kier alpha value is -2.35. The molecule has 1 amide bonds. The Labute approximate surface area is 185 Å². The molecule has 1 saturated heterocycles. The van der Waals surface area contributed by atoms with Gasteiger partial charge in [0.1, 0.15) is 12.4 Å². The van der Waals surface area contributed by atoms with Crippen LogP contribution in [0.4, 0.5) is 0 Å². The Balaban J connectivity index is 1.28. The number of hydrogen-bond acceptors (Lipinski definition) is 5. The molecule has 3 aromatic rings. The molecule has 4 rings (SSSR count). The van der Waals surface area contributed by atoms with Gasteiger partial charge in [0.05, 0.1) is 11.1 Å². The number of carbonyl (C=O) groups excluding carboxylic acids is 1. The number of thiophene rings is 1. The fourth-order valence-corrected chi connectivity index (χ4v) is 4.67. The third-order valence-electron chi connectivity index (χ3n) is 5.22. The zero-order valence-electron chi connectivity index (χ0n) is 17.2. The first-order chi connectivity index (χ1) is 14.5. The van der Waals surface area contributed by atoms with Gasteiger partial charge in [-0.3, -0.25) is 14.4 Å². The molecular formula is C22H25ClN4O2S. The second-order valence-electron chi connectivity index (χ2n) is 7.61.